The third-order valence-electron chi connectivity index (χ3n) is 3.54. The lowest BCUT2D eigenvalue weighted by Crippen LogP contribution is -2.02. The van der Waals surface area contributed by atoms with Crippen molar-refractivity contribution in [2.45, 2.75) is 13.8 Å². The van der Waals surface area contributed by atoms with E-state index in [0.717, 1.165) is 5.56 Å². The third kappa shape index (κ3) is 2.88. The van der Waals surface area contributed by atoms with Gasteiger partial charge in [0.1, 0.15) is 0 Å². The molecule has 2 atom stereocenters. The average molecular weight is 287 g/mol. The van der Waals surface area contributed by atoms with Crippen LogP contribution in [0.25, 0.3) is 6.08 Å². The molecule has 0 bridgehead atoms. The number of hydrogen-bond donors (Lipinski definition) is 1. The van der Waals surface area contributed by atoms with Gasteiger partial charge in [-0.2, -0.15) is 0 Å². The molecule has 1 aliphatic carbocycles. The molecule has 4 heteroatoms. The Labute approximate surface area is 118 Å². The summed E-state index contributed by atoms with van der Waals surface area (Å²) in [5, 5.41) is 9.75. The second kappa shape index (κ2) is 5.33. The maximum atomic E-state index is 11.0. The molecule has 0 aromatic heterocycles. The maximum Gasteiger partial charge on any atom is 0.307 e. The van der Waals surface area contributed by atoms with E-state index in [9.17, 15) is 4.79 Å². The first-order valence-electron chi connectivity index (χ1n) is 5.59. The van der Waals surface area contributed by atoms with Crippen LogP contribution in [-0.4, -0.2) is 11.1 Å². The number of carboxylic acid groups (broad SMARTS) is 1. The van der Waals surface area contributed by atoms with Crippen LogP contribution in [0.3, 0.4) is 0 Å². The lowest BCUT2D eigenvalue weighted by atomic mass is 10.1. The molecule has 2 rings (SSSR count). The Bertz CT molecular complexity index is 463. The molecule has 0 radical (unpaired) electrons. The highest BCUT2D eigenvalue weighted by Crippen LogP contribution is 2.59. The molecule has 1 aromatic rings. The van der Waals surface area contributed by atoms with Gasteiger partial charge in [-0.15, -0.1) is 12.4 Å². The topological polar surface area (TPSA) is 37.3 Å². The molecule has 1 saturated carbocycles. The van der Waals surface area contributed by atoms with Gasteiger partial charge in [-0.3, -0.25) is 4.79 Å². The first kappa shape index (κ1) is 15.1. The summed E-state index contributed by atoms with van der Waals surface area (Å²) in [5.74, 6) is -0.845. The van der Waals surface area contributed by atoms with Crippen molar-refractivity contribution in [3.05, 3.63) is 40.9 Å². The van der Waals surface area contributed by atoms with Crippen molar-refractivity contribution in [2.75, 3.05) is 0 Å². The Morgan fingerprint density at radius 3 is 2.33 bits per heavy atom. The van der Waals surface area contributed by atoms with Crippen molar-refractivity contribution >= 4 is 36.1 Å². The summed E-state index contributed by atoms with van der Waals surface area (Å²) in [6.07, 6.45) is 3.95. The Balaban J connectivity index is 0.00000162. The molecule has 98 valence electrons. The zero-order valence-electron chi connectivity index (χ0n) is 10.3. The fourth-order valence-corrected chi connectivity index (χ4v) is 2.42. The van der Waals surface area contributed by atoms with E-state index in [-0.39, 0.29) is 29.7 Å². The number of aliphatic carboxylic acids is 1. The van der Waals surface area contributed by atoms with E-state index in [1.807, 2.05) is 50.3 Å². The van der Waals surface area contributed by atoms with E-state index in [2.05, 4.69) is 0 Å². The van der Waals surface area contributed by atoms with Gasteiger partial charge in [0.05, 0.1) is 5.92 Å². The minimum atomic E-state index is -0.708. The van der Waals surface area contributed by atoms with Crippen molar-refractivity contribution < 1.29 is 9.90 Å². The molecule has 0 amide bonds. The predicted octanol–water partition coefficient (Wildman–Crippen LogP) is 4.13. The fourth-order valence-electron chi connectivity index (χ4n) is 2.30. The number of halogens is 2. The van der Waals surface area contributed by atoms with Crippen molar-refractivity contribution in [1.82, 2.24) is 0 Å². The van der Waals surface area contributed by atoms with E-state index in [4.69, 9.17) is 16.7 Å². The van der Waals surface area contributed by atoms with Crippen molar-refractivity contribution in [3.8, 4) is 0 Å². The van der Waals surface area contributed by atoms with Crippen LogP contribution in [0.4, 0.5) is 0 Å². The Hall–Kier alpha value is -0.990. The van der Waals surface area contributed by atoms with Crippen LogP contribution in [0.5, 0.6) is 0 Å². The zero-order chi connectivity index (χ0) is 12.6. The van der Waals surface area contributed by atoms with E-state index in [0.29, 0.717) is 5.02 Å². The van der Waals surface area contributed by atoms with E-state index in [1.165, 1.54) is 0 Å². The summed E-state index contributed by atoms with van der Waals surface area (Å²) in [4.78, 5) is 11.0. The molecule has 0 heterocycles. The van der Waals surface area contributed by atoms with Gasteiger partial charge in [0.15, 0.2) is 0 Å². The van der Waals surface area contributed by atoms with Crippen LogP contribution in [0.2, 0.25) is 5.02 Å². The summed E-state index contributed by atoms with van der Waals surface area (Å²) in [5.41, 5.74) is 0.913. The summed E-state index contributed by atoms with van der Waals surface area (Å²) < 4.78 is 0. The van der Waals surface area contributed by atoms with Crippen LogP contribution in [0.1, 0.15) is 19.4 Å². The average Bonchev–Trinajstić information content (AvgIpc) is 2.80. The summed E-state index contributed by atoms with van der Waals surface area (Å²) in [7, 11) is 0. The molecular formula is C14H16Cl2O2. The van der Waals surface area contributed by atoms with Crippen LogP contribution in [-0.2, 0) is 4.79 Å². The minimum Gasteiger partial charge on any atom is -0.481 e. The Morgan fingerprint density at radius 1 is 1.33 bits per heavy atom. The fraction of sp³-hybridized carbons (Fsp3) is 0.357. The molecule has 0 aliphatic heterocycles. The molecule has 1 aliphatic rings. The first-order valence-corrected chi connectivity index (χ1v) is 5.97. The summed E-state index contributed by atoms with van der Waals surface area (Å²) in [6, 6.07) is 7.50. The van der Waals surface area contributed by atoms with E-state index >= 15 is 0 Å². The third-order valence-corrected chi connectivity index (χ3v) is 3.79. The first-order chi connectivity index (χ1) is 7.93. The number of carboxylic acids is 1. The highest BCUT2D eigenvalue weighted by Gasteiger charge is 2.60. The standard InChI is InChI=1S/C14H15ClO2.ClH/c1-14(2)11(12(14)13(16)17)8-5-9-3-6-10(15)7-4-9;/h3-8,11-12H,1-2H3,(H,16,17);1H. The normalized spacial score (nSPS) is 24.6. The number of carbonyl (C=O) groups is 1. The summed E-state index contributed by atoms with van der Waals surface area (Å²) in [6.45, 7) is 3.98. The van der Waals surface area contributed by atoms with Gasteiger partial charge >= 0.3 is 5.97 Å². The van der Waals surface area contributed by atoms with Gasteiger partial charge in [-0.05, 0) is 29.0 Å². The van der Waals surface area contributed by atoms with Crippen LogP contribution < -0.4 is 0 Å². The molecule has 1 fully saturated rings. The van der Waals surface area contributed by atoms with Crippen molar-refractivity contribution in [1.29, 1.82) is 0 Å². The van der Waals surface area contributed by atoms with Crippen molar-refractivity contribution in [2.24, 2.45) is 17.3 Å². The van der Waals surface area contributed by atoms with Gasteiger partial charge in [-0.1, -0.05) is 49.7 Å². The second-order valence-electron chi connectivity index (χ2n) is 5.07. The lowest BCUT2D eigenvalue weighted by molar-refractivity contribution is -0.139. The van der Waals surface area contributed by atoms with E-state index < -0.39 is 5.97 Å². The molecule has 0 spiro atoms. The molecule has 1 N–H and O–H groups in total. The maximum absolute atomic E-state index is 11.0. The largest absolute Gasteiger partial charge is 0.481 e. The van der Waals surface area contributed by atoms with Gasteiger partial charge in [0.25, 0.3) is 0 Å². The van der Waals surface area contributed by atoms with Gasteiger partial charge in [0, 0.05) is 5.02 Å². The molecule has 1 aromatic carbocycles. The zero-order valence-corrected chi connectivity index (χ0v) is 11.8. The number of hydrogen-bond acceptors (Lipinski definition) is 1. The van der Waals surface area contributed by atoms with Gasteiger partial charge in [-0.25, -0.2) is 0 Å². The molecular weight excluding hydrogens is 271 g/mol. The lowest BCUT2D eigenvalue weighted by Gasteiger charge is -1.97. The Morgan fingerprint density at radius 2 is 1.89 bits per heavy atom. The molecule has 18 heavy (non-hydrogen) atoms. The van der Waals surface area contributed by atoms with Crippen LogP contribution >= 0.6 is 24.0 Å². The highest BCUT2D eigenvalue weighted by molar-refractivity contribution is 6.30. The monoisotopic (exact) mass is 286 g/mol. The van der Waals surface area contributed by atoms with Gasteiger partial charge in [0.2, 0.25) is 0 Å². The number of rotatable bonds is 3. The quantitative estimate of drug-likeness (QED) is 0.907. The van der Waals surface area contributed by atoms with Gasteiger partial charge < -0.3 is 5.11 Å². The number of allylic oxidation sites excluding steroid dienone is 1. The number of benzene rings is 1. The molecule has 0 saturated heterocycles. The predicted molar refractivity (Wildman–Crippen MR) is 76.1 cm³/mol. The Kier molecular flexibility index (Phi) is 4.46. The molecule has 2 unspecified atom stereocenters. The summed E-state index contributed by atoms with van der Waals surface area (Å²) >= 11 is 5.79. The van der Waals surface area contributed by atoms with E-state index in [1.54, 1.807) is 0 Å². The smallest absolute Gasteiger partial charge is 0.307 e. The second-order valence-corrected chi connectivity index (χ2v) is 5.51. The van der Waals surface area contributed by atoms with Crippen molar-refractivity contribution in [3.63, 3.8) is 0 Å². The van der Waals surface area contributed by atoms with Crippen LogP contribution in [0, 0.1) is 17.3 Å². The molecule has 2 nitrogen and oxygen atoms in total. The highest BCUT2D eigenvalue weighted by atomic mass is 35.5. The van der Waals surface area contributed by atoms with Crippen LogP contribution in [0.15, 0.2) is 30.3 Å². The SMILES string of the molecule is CC1(C)C(C=Cc2ccc(Cl)cc2)C1C(=O)O.Cl. The minimum absolute atomic E-state index is 0.